The summed E-state index contributed by atoms with van der Waals surface area (Å²) in [6.07, 6.45) is -0.906. The van der Waals surface area contributed by atoms with Crippen molar-refractivity contribution in [1.82, 2.24) is 0 Å². The Balaban J connectivity index is 1.59. The van der Waals surface area contributed by atoms with Gasteiger partial charge in [0, 0.05) is 0 Å². The number of aryl methyl sites for hydroxylation is 1. The van der Waals surface area contributed by atoms with Crippen molar-refractivity contribution >= 4 is 23.2 Å². The molecule has 2 fully saturated rings. The molecule has 0 bridgehead atoms. The Morgan fingerprint density at radius 3 is 2.23 bits per heavy atom. The van der Waals surface area contributed by atoms with Crippen LogP contribution >= 0.6 is 0 Å². The lowest BCUT2D eigenvalue weighted by molar-refractivity contribution is -0.126. The van der Waals surface area contributed by atoms with E-state index in [9.17, 15) is 14.7 Å². The van der Waals surface area contributed by atoms with Crippen molar-refractivity contribution in [3.05, 3.63) is 90.0 Å². The van der Waals surface area contributed by atoms with Gasteiger partial charge in [0.25, 0.3) is 5.91 Å². The zero-order chi connectivity index (χ0) is 20.8. The van der Waals surface area contributed by atoms with E-state index in [1.807, 2.05) is 55.5 Å². The molecule has 0 unspecified atom stereocenters. The second-order valence-electron chi connectivity index (χ2n) is 7.60. The minimum Gasteiger partial charge on any atom is -0.508 e. The van der Waals surface area contributed by atoms with Gasteiger partial charge in [-0.1, -0.05) is 42.5 Å². The second-order valence-corrected chi connectivity index (χ2v) is 7.60. The molecule has 0 aromatic heterocycles. The maximum Gasteiger partial charge on any atom is 0.266 e. The molecule has 2 heterocycles. The third kappa shape index (κ3) is 2.84. The number of hydrogen-bond acceptors (Lipinski definition) is 5. The number of hydroxylamine groups is 1. The molecule has 3 aromatic rings. The van der Waals surface area contributed by atoms with Gasteiger partial charge in [-0.05, 0) is 54.4 Å². The number of nitrogens with zero attached hydrogens (tertiary/aromatic N) is 2. The second kappa shape index (κ2) is 7.00. The van der Waals surface area contributed by atoms with Crippen molar-refractivity contribution in [2.75, 3.05) is 9.96 Å². The predicted molar refractivity (Wildman–Crippen MR) is 112 cm³/mol. The molecule has 3 aromatic carbocycles. The van der Waals surface area contributed by atoms with E-state index in [4.69, 9.17) is 4.84 Å². The number of imide groups is 1. The highest BCUT2D eigenvalue weighted by molar-refractivity contribution is 6.23. The molecule has 0 spiro atoms. The van der Waals surface area contributed by atoms with Crippen molar-refractivity contribution in [3.8, 4) is 5.75 Å². The summed E-state index contributed by atoms with van der Waals surface area (Å²) in [7, 11) is 0. The minimum atomic E-state index is -0.906. The van der Waals surface area contributed by atoms with Gasteiger partial charge in [0.1, 0.15) is 11.7 Å². The average Bonchev–Trinajstić information content (AvgIpc) is 3.26. The molecule has 2 aliphatic rings. The van der Waals surface area contributed by atoms with Crippen molar-refractivity contribution in [3.63, 3.8) is 0 Å². The van der Waals surface area contributed by atoms with Crippen LogP contribution in [0.15, 0.2) is 78.9 Å². The molecule has 2 saturated heterocycles. The Morgan fingerprint density at radius 2 is 1.53 bits per heavy atom. The maximum absolute atomic E-state index is 13.5. The predicted octanol–water partition coefficient (Wildman–Crippen LogP) is 3.75. The zero-order valence-corrected chi connectivity index (χ0v) is 16.3. The van der Waals surface area contributed by atoms with Gasteiger partial charge in [-0.2, -0.15) is 0 Å². The van der Waals surface area contributed by atoms with E-state index in [1.165, 1.54) is 4.90 Å². The highest BCUT2D eigenvalue weighted by atomic mass is 16.7. The average molecular weight is 400 g/mol. The number of phenolic OH excluding ortho intramolecular Hbond substituents is 1. The van der Waals surface area contributed by atoms with Crippen LogP contribution in [0.1, 0.15) is 17.2 Å². The summed E-state index contributed by atoms with van der Waals surface area (Å²) in [4.78, 5) is 34.0. The zero-order valence-electron chi connectivity index (χ0n) is 16.3. The molecular weight excluding hydrogens is 380 g/mol. The van der Waals surface area contributed by atoms with Gasteiger partial charge >= 0.3 is 0 Å². The van der Waals surface area contributed by atoms with Crippen molar-refractivity contribution in [1.29, 1.82) is 0 Å². The lowest BCUT2D eigenvalue weighted by Crippen LogP contribution is -2.37. The standard InChI is InChI=1S/C24H20N2O4/c1-15-6-5-9-18(14-15)25-23(28)20-21(16-10-12-19(27)13-11-16)26(30-22(20)24(25)29)17-7-3-2-4-8-17/h2-14,20-22,27H,1H3/t20-,21-,22+/m1/s1. The van der Waals surface area contributed by atoms with E-state index in [1.54, 1.807) is 35.4 Å². The normalized spacial score (nSPS) is 23.2. The topological polar surface area (TPSA) is 70.1 Å². The number of aromatic hydroxyl groups is 1. The van der Waals surface area contributed by atoms with E-state index in [0.29, 0.717) is 5.69 Å². The third-order valence-electron chi connectivity index (χ3n) is 5.62. The van der Waals surface area contributed by atoms with Crippen LogP contribution in [0.3, 0.4) is 0 Å². The molecule has 0 saturated carbocycles. The van der Waals surface area contributed by atoms with Crippen LogP contribution < -0.4 is 9.96 Å². The molecule has 1 N–H and O–H groups in total. The SMILES string of the molecule is Cc1cccc(N2C(=O)[C@H]3[C@H](ON(c4ccccc4)[C@@H]3c3ccc(O)cc3)C2=O)c1. The number of benzene rings is 3. The minimum absolute atomic E-state index is 0.135. The summed E-state index contributed by atoms with van der Waals surface area (Å²) in [6, 6.07) is 22.9. The van der Waals surface area contributed by atoms with Gasteiger partial charge in [-0.15, -0.1) is 0 Å². The molecule has 0 radical (unpaired) electrons. The lowest BCUT2D eigenvalue weighted by atomic mass is 9.90. The van der Waals surface area contributed by atoms with E-state index < -0.39 is 18.1 Å². The summed E-state index contributed by atoms with van der Waals surface area (Å²) in [5.41, 5.74) is 3.06. The number of hydrogen-bond donors (Lipinski definition) is 1. The molecule has 6 nitrogen and oxygen atoms in total. The third-order valence-corrected chi connectivity index (χ3v) is 5.62. The van der Waals surface area contributed by atoms with E-state index in [2.05, 4.69) is 0 Å². The fraction of sp³-hybridized carbons (Fsp3) is 0.167. The molecule has 2 amide bonds. The number of carbonyl (C=O) groups is 2. The molecule has 2 aliphatic heterocycles. The first-order valence-corrected chi connectivity index (χ1v) is 9.79. The molecule has 150 valence electrons. The first kappa shape index (κ1) is 18.4. The first-order chi connectivity index (χ1) is 14.5. The summed E-state index contributed by atoms with van der Waals surface area (Å²) in [5.74, 6) is -1.21. The van der Waals surface area contributed by atoms with Crippen molar-refractivity contribution in [2.45, 2.75) is 19.1 Å². The monoisotopic (exact) mass is 400 g/mol. The Labute approximate surface area is 173 Å². The molecular formula is C24H20N2O4. The highest BCUT2D eigenvalue weighted by Crippen LogP contribution is 2.47. The van der Waals surface area contributed by atoms with Crippen LogP contribution in [0.25, 0.3) is 0 Å². The number of rotatable bonds is 3. The number of carbonyl (C=O) groups excluding carboxylic acids is 2. The van der Waals surface area contributed by atoms with Gasteiger partial charge in [0.05, 0.1) is 17.4 Å². The van der Waals surface area contributed by atoms with Crippen LogP contribution in [-0.2, 0) is 14.4 Å². The van der Waals surface area contributed by atoms with Gasteiger partial charge < -0.3 is 5.11 Å². The van der Waals surface area contributed by atoms with Gasteiger partial charge in [-0.25, -0.2) is 9.96 Å². The fourth-order valence-corrected chi connectivity index (χ4v) is 4.25. The largest absolute Gasteiger partial charge is 0.508 e. The van der Waals surface area contributed by atoms with Gasteiger partial charge in [0.15, 0.2) is 6.10 Å². The van der Waals surface area contributed by atoms with Crippen LogP contribution in [0.2, 0.25) is 0 Å². The fourth-order valence-electron chi connectivity index (χ4n) is 4.25. The Morgan fingerprint density at radius 1 is 0.833 bits per heavy atom. The van der Waals surface area contributed by atoms with Crippen LogP contribution in [0, 0.1) is 12.8 Å². The molecule has 0 aliphatic carbocycles. The number of anilines is 2. The quantitative estimate of drug-likeness (QED) is 0.678. The van der Waals surface area contributed by atoms with E-state index >= 15 is 0 Å². The Bertz CT molecular complexity index is 1110. The van der Waals surface area contributed by atoms with Crippen LogP contribution in [0.4, 0.5) is 11.4 Å². The molecule has 3 atom stereocenters. The highest BCUT2D eigenvalue weighted by Gasteiger charge is 2.60. The maximum atomic E-state index is 13.5. The summed E-state index contributed by atoms with van der Waals surface area (Å²) in [5, 5.41) is 11.4. The summed E-state index contributed by atoms with van der Waals surface area (Å²) >= 11 is 0. The van der Waals surface area contributed by atoms with Gasteiger partial charge in [0.2, 0.25) is 5.91 Å². The first-order valence-electron chi connectivity index (χ1n) is 9.79. The Hall–Kier alpha value is -3.64. The number of fused-ring (bicyclic) bond motifs is 1. The van der Waals surface area contributed by atoms with Gasteiger partial charge in [-0.3, -0.25) is 14.4 Å². The molecule has 6 heteroatoms. The smallest absolute Gasteiger partial charge is 0.266 e. The number of amides is 2. The van der Waals surface area contributed by atoms with E-state index in [-0.39, 0.29) is 17.6 Å². The van der Waals surface area contributed by atoms with Crippen molar-refractivity contribution < 1.29 is 19.5 Å². The lowest BCUT2D eigenvalue weighted by Gasteiger charge is -2.28. The number of phenols is 1. The molecule has 30 heavy (non-hydrogen) atoms. The van der Waals surface area contributed by atoms with Crippen LogP contribution in [-0.4, -0.2) is 23.0 Å². The summed E-state index contributed by atoms with van der Waals surface area (Å²) < 4.78 is 0. The van der Waals surface area contributed by atoms with Crippen molar-refractivity contribution in [2.24, 2.45) is 5.92 Å². The number of para-hydroxylation sites is 1. The molecule has 5 rings (SSSR count). The Kier molecular flexibility index (Phi) is 4.29. The van der Waals surface area contributed by atoms with E-state index in [0.717, 1.165) is 16.8 Å². The van der Waals surface area contributed by atoms with Crippen LogP contribution in [0.5, 0.6) is 5.75 Å². The summed E-state index contributed by atoms with van der Waals surface area (Å²) in [6.45, 7) is 1.92.